The second-order valence-corrected chi connectivity index (χ2v) is 9.87. The number of hydrogen-bond donors (Lipinski definition) is 0. The zero-order valence-electron chi connectivity index (χ0n) is 20.6. The molecule has 2 saturated heterocycles. The number of hydrogen-bond acceptors (Lipinski definition) is 5. The normalized spacial score (nSPS) is 16.8. The van der Waals surface area contributed by atoms with Crippen LogP contribution in [-0.4, -0.2) is 72.6 Å². The molecule has 0 saturated carbocycles. The molecule has 3 heterocycles. The highest BCUT2D eigenvalue weighted by Gasteiger charge is 2.26. The first kappa shape index (κ1) is 24.2. The Morgan fingerprint density at radius 3 is 2.19 bits per heavy atom. The van der Waals surface area contributed by atoms with Crippen LogP contribution < -0.4 is 9.80 Å². The lowest BCUT2D eigenvalue weighted by Crippen LogP contribution is -2.49. The fourth-order valence-corrected chi connectivity index (χ4v) is 5.46. The number of benzene rings is 2. The Morgan fingerprint density at radius 2 is 1.50 bits per heavy atom. The molecule has 2 aliphatic heterocycles. The Bertz CT molecular complexity index is 1270. The molecule has 0 aliphatic carbocycles. The summed E-state index contributed by atoms with van der Waals surface area (Å²) in [4.78, 5) is 22.2. The highest BCUT2D eigenvalue weighted by Crippen LogP contribution is 2.27. The topological polar surface area (TPSA) is 58.8 Å². The van der Waals surface area contributed by atoms with Gasteiger partial charge in [-0.3, -0.25) is 9.69 Å². The second-order valence-electron chi connectivity index (χ2n) is 9.47. The SMILES string of the molecule is Cn1cc(CN2CCN(c3ccccc3Cl)CC2)cc1C(=O)N1CCN(c2ccccc2C#N)CC1. The van der Waals surface area contributed by atoms with E-state index in [1.54, 1.807) is 0 Å². The molecule has 0 radical (unpaired) electrons. The van der Waals surface area contributed by atoms with Gasteiger partial charge in [-0.2, -0.15) is 5.26 Å². The molecule has 0 bridgehead atoms. The number of para-hydroxylation sites is 2. The van der Waals surface area contributed by atoms with Crippen molar-refractivity contribution in [2.45, 2.75) is 6.54 Å². The summed E-state index contributed by atoms with van der Waals surface area (Å²) < 4.78 is 1.95. The Balaban J connectivity index is 1.16. The molecule has 0 N–H and O–H groups in total. The number of carbonyl (C=O) groups excluding carboxylic acids is 1. The fraction of sp³-hybridized carbons (Fsp3) is 0.357. The molecular weight excluding hydrogens is 472 g/mol. The van der Waals surface area contributed by atoms with Gasteiger partial charge in [0, 0.05) is 72.1 Å². The zero-order chi connectivity index (χ0) is 25.1. The number of halogens is 1. The lowest BCUT2D eigenvalue weighted by molar-refractivity contribution is 0.0737. The Morgan fingerprint density at radius 1 is 0.889 bits per heavy atom. The summed E-state index contributed by atoms with van der Waals surface area (Å²) in [7, 11) is 1.95. The predicted octanol–water partition coefficient (Wildman–Crippen LogP) is 3.83. The minimum absolute atomic E-state index is 0.0699. The van der Waals surface area contributed by atoms with Gasteiger partial charge in [-0.15, -0.1) is 0 Å². The van der Waals surface area contributed by atoms with E-state index in [0.717, 1.165) is 73.5 Å². The number of rotatable bonds is 5. The largest absolute Gasteiger partial charge is 0.368 e. The van der Waals surface area contributed by atoms with Crippen molar-refractivity contribution in [2.24, 2.45) is 7.05 Å². The molecule has 2 fully saturated rings. The van der Waals surface area contributed by atoms with Gasteiger partial charge in [0.1, 0.15) is 11.8 Å². The maximum absolute atomic E-state index is 13.3. The molecule has 5 rings (SSSR count). The van der Waals surface area contributed by atoms with Crippen LogP contribution >= 0.6 is 11.6 Å². The number of aryl methyl sites for hydroxylation is 1. The van der Waals surface area contributed by atoms with E-state index < -0.39 is 0 Å². The van der Waals surface area contributed by atoms with E-state index in [2.05, 4.69) is 33.0 Å². The van der Waals surface area contributed by atoms with Gasteiger partial charge in [0.05, 0.1) is 22.0 Å². The Hall–Kier alpha value is -3.47. The molecule has 8 heteroatoms. The van der Waals surface area contributed by atoms with E-state index >= 15 is 0 Å². The fourth-order valence-electron chi connectivity index (χ4n) is 5.20. The van der Waals surface area contributed by atoms with Gasteiger partial charge < -0.3 is 19.3 Å². The third-order valence-corrected chi connectivity index (χ3v) is 7.50. The molecule has 186 valence electrons. The van der Waals surface area contributed by atoms with Crippen LogP contribution in [0.1, 0.15) is 21.6 Å². The molecule has 36 heavy (non-hydrogen) atoms. The number of anilines is 2. The number of nitrogens with zero attached hydrogens (tertiary/aromatic N) is 6. The van der Waals surface area contributed by atoms with Crippen molar-refractivity contribution in [3.63, 3.8) is 0 Å². The van der Waals surface area contributed by atoms with Crippen LogP contribution in [0.3, 0.4) is 0 Å². The van der Waals surface area contributed by atoms with Crippen LogP contribution in [0.25, 0.3) is 0 Å². The third-order valence-electron chi connectivity index (χ3n) is 7.18. The molecule has 2 aliphatic rings. The van der Waals surface area contributed by atoms with Crippen molar-refractivity contribution in [3.8, 4) is 6.07 Å². The van der Waals surface area contributed by atoms with Gasteiger partial charge in [0.25, 0.3) is 5.91 Å². The monoisotopic (exact) mass is 502 g/mol. The van der Waals surface area contributed by atoms with E-state index in [1.807, 2.05) is 65.0 Å². The van der Waals surface area contributed by atoms with Gasteiger partial charge in [0.15, 0.2) is 0 Å². The molecule has 3 aromatic rings. The van der Waals surface area contributed by atoms with Crippen molar-refractivity contribution in [1.29, 1.82) is 5.26 Å². The predicted molar refractivity (Wildman–Crippen MR) is 144 cm³/mol. The summed E-state index contributed by atoms with van der Waals surface area (Å²) in [6.07, 6.45) is 2.08. The summed E-state index contributed by atoms with van der Waals surface area (Å²) in [6, 6.07) is 20.0. The van der Waals surface area contributed by atoms with Gasteiger partial charge in [-0.1, -0.05) is 35.9 Å². The number of piperazine rings is 2. The lowest BCUT2D eigenvalue weighted by atomic mass is 10.1. The average molecular weight is 503 g/mol. The minimum Gasteiger partial charge on any atom is -0.368 e. The Labute approximate surface area is 217 Å². The van der Waals surface area contributed by atoms with E-state index in [4.69, 9.17) is 11.6 Å². The maximum Gasteiger partial charge on any atom is 0.270 e. The van der Waals surface area contributed by atoms with Crippen molar-refractivity contribution >= 4 is 28.9 Å². The van der Waals surface area contributed by atoms with Crippen LogP contribution in [0.2, 0.25) is 5.02 Å². The first-order valence-electron chi connectivity index (χ1n) is 12.4. The van der Waals surface area contributed by atoms with Crippen molar-refractivity contribution in [3.05, 3.63) is 82.6 Å². The highest BCUT2D eigenvalue weighted by molar-refractivity contribution is 6.33. The molecule has 7 nitrogen and oxygen atoms in total. The quantitative estimate of drug-likeness (QED) is 0.530. The summed E-state index contributed by atoms with van der Waals surface area (Å²) >= 11 is 6.38. The highest BCUT2D eigenvalue weighted by atomic mass is 35.5. The summed E-state index contributed by atoms with van der Waals surface area (Å²) in [5, 5.41) is 10.2. The first-order valence-corrected chi connectivity index (χ1v) is 12.8. The van der Waals surface area contributed by atoms with E-state index in [9.17, 15) is 10.1 Å². The van der Waals surface area contributed by atoms with E-state index in [0.29, 0.717) is 18.7 Å². The minimum atomic E-state index is 0.0699. The van der Waals surface area contributed by atoms with Crippen LogP contribution in [0.5, 0.6) is 0 Å². The van der Waals surface area contributed by atoms with Crippen molar-refractivity contribution in [2.75, 3.05) is 62.2 Å². The molecule has 0 atom stereocenters. The van der Waals surface area contributed by atoms with E-state index in [1.165, 1.54) is 0 Å². The smallest absolute Gasteiger partial charge is 0.270 e. The van der Waals surface area contributed by atoms with Gasteiger partial charge in [-0.05, 0) is 35.9 Å². The molecule has 0 spiro atoms. The summed E-state index contributed by atoms with van der Waals surface area (Å²) in [5.41, 5.74) is 4.61. The van der Waals surface area contributed by atoms with E-state index in [-0.39, 0.29) is 5.91 Å². The molecule has 1 amide bonds. The van der Waals surface area contributed by atoms with Gasteiger partial charge >= 0.3 is 0 Å². The number of carbonyl (C=O) groups is 1. The van der Waals surface area contributed by atoms with Gasteiger partial charge in [-0.25, -0.2) is 0 Å². The van der Waals surface area contributed by atoms with Crippen LogP contribution in [0.15, 0.2) is 60.8 Å². The second kappa shape index (κ2) is 10.7. The summed E-state index contributed by atoms with van der Waals surface area (Å²) in [6.45, 7) is 7.32. The molecule has 2 aromatic carbocycles. The van der Waals surface area contributed by atoms with Gasteiger partial charge in [0.2, 0.25) is 0 Å². The van der Waals surface area contributed by atoms with Crippen molar-refractivity contribution < 1.29 is 4.79 Å². The van der Waals surface area contributed by atoms with Crippen LogP contribution in [-0.2, 0) is 13.6 Å². The Kier molecular flexibility index (Phi) is 7.17. The van der Waals surface area contributed by atoms with Crippen molar-refractivity contribution in [1.82, 2.24) is 14.4 Å². The molecular formula is C28H31ClN6O. The lowest BCUT2D eigenvalue weighted by Gasteiger charge is -2.36. The standard InChI is InChI=1S/C28H31ClN6O/c1-31-20-22(21-32-10-12-34(13-11-32)26-9-5-3-7-24(26)29)18-27(31)28(36)35-16-14-33(15-17-35)25-8-4-2-6-23(25)19-30/h2-9,18,20H,10-17,21H2,1H3. The summed E-state index contributed by atoms with van der Waals surface area (Å²) in [5.74, 6) is 0.0699. The first-order chi connectivity index (χ1) is 17.5. The zero-order valence-corrected chi connectivity index (χ0v) is 21.4. The number of amides is 1. The maximum atomic E-state index is 13.3. The number of aromatic nitrogens is 1. The molecule has 1 aromatic heterocycles. The van der Waals surface area contributed by atoms with Crippen LogP contribution in [0.4, 0.5) is 11.4 Å². The van der Waals surface area contributed by atoms with Crippen LogP contribution in [0, 0.1) is 11.3 Å². The third kappa shape index (κ3) is 5.06. The number of nitriles is 1. The molecule has 0 unspecified atom stereocenters. The average Bonchev–Trinajstić information content (AvgIpc) is 3.28.